The van der Waals surface area contributed by atoms with Crippen molar-refractivity contribution in [1.82, 2.24) is 10.3 Å². The van der Waals surface area contributed by atoms with Gasteiger partial charge in [-0.1, -0.05) is 48.5 Å². The molecule has 0 atom stereocenters. The van der Waals surface area contributed by atoms with Crippen LogP contribution in [0, 0.1) is 0 Å². The standard InChI is InChI=1S/C17H16N2/c1-18-12-13-6-8-15(9-7-13)17-11-10-14-4-2-3-5-16(14)19-17/h2-11,18H,12H2,1H3. The Morgan fingerprint density at radius 1 is 0.895 bits per heavy atom. The topological polar surface area (TPSA) is 24.9 Å². The molecular formula is C17H16N2. The Morgan fingerprint density at radius 2 is 1.68 bits per heavy atom. The van der Waals surface area contributed by atoms with E-state index in [1.165, 1.54) is 10.9 Å². The minimum atomic E-state index is 0.894. The van der Waals surface area contributed by atoms with Crippen molar-refractivity contribution in [3.05, 3.63) is 66.2 Å². The van der Waals surface area contributed by atoms with Crippen LogP contribution < -0.4 is 5.32 Å². The molecular weight excluding hydrogens is 232 g/mol. The number of rotatable bonds is 3. The molecule has 0 spiro atoms. The third-order valence-corrected chi connectivity index (χ3v) is 3.23. The maximum absolute atomic E-state index is 4.71. The smallest absolute Gasteiger partial charge is 0.0709 e. The van der Waals surface area contributed by atoms with Gasteiger partial charge in [-0.25, -0.2) is 4.98 Å². The number of hydrogen-bond donors (Lipinski definition) is 1. The van der Waals surface area contributed by atoms with E-state index in [1.54, 1.807) is 0 Å². The quantitative estimate of drug-likeness (QED) is 0.765. The summed E-state index contributed by atoms with van der Waals surface area (Å²) in [5, 5.41) is 4.33. The first-order chi connectivity index (χ1) is 9.36. The number of pyridine rings is 1. The van der Waals surface area contributed by atoms with Gasteiger partial charge in [0, 0.05) is 17.5 Å². The molecule has 3 aromatic rings. The summed E-state index contributed by atoms with van der Waals surface area (Å²) in [5.74, 6) is 0. The summed E-state index contributed by atoms with van der Waals surface area (Å²) in [6, 6.07) is 20.9. The molecule has 0 saturated carbocycles. The summed E-state index contributed by atoms with van der Waals surface area (Å²) in [4.78, 5) is 4.71. The molecule has 0 unspecified atom stereocenters. The lowest BCUT2D eigenvalue weighted by atomic mass is 10.1. The maximum atomic E-state index is 4.71. The minimum Gasteiger partial charge on any atom is -0.316 e. The zero-order valence-corrected chi connectivity index (χ0v) is 10.9. The summed E-state index contributed by atoms with van der Waals surface area (Å²) in [6.07, 6.45) is 0. The van der Waals surface area contributed by atoms with Crippen LogP contribution in [0.3, 0.4) is 0 Å². The fourth-order valence-corrected chi connectivity index (χ4v) is 2.22. The molecule has 3 rings (SSSR count). The molecule has 2 aromatic carbocycles. The van der Waals surface area contributed by atoms with Crippen molar-refractivity contribution < 1.29 is 0 Å². The summed E-state index contributed by atoms with van der Waals surface area (Å²) in [5.41, 5.74) is 4.51. The van der Waals surface area contributed by atoms with E-state index in [4.69, 9.17) is 4.98 Å². The Hall–Kier alpha value is -2.19. The van der Waals surface area contributed by atoms with Crippen molar-refractivity contribution in [1.29, 1.82) is 0 Å². The summed E-state index contributed by atoms with van der Waals surface area (Å²) in [7, 11) is 1.96. The molecule has 0 fully saturated rings. The Labute approximate surface area is 113 Å². The van der Waals surface area contributed by atoms with E-state index in [-0.39, 0.29) is 0 Å². The first-order valence-electron chi connectivity index (χ1n) is 6.46. The average Bonchev–Trinajstić information content (AvgIpc) is 2.48. The van der Waals surface area contributed by atoms with Gasteiger partial charge in [0.25, 0.3) is 0 Å². The number of para-hydroxylation sites is 1. The van der Waals surface area contributed by atoms with Gasteiger partial charge in [-0.05, 0) is 24.7 Å². The normalized spacial score (nSPS) is 10.8. The molecule has 0 aliphatic rings. The number of nitrogens with zero attached hydrogens (tertiary/aromatic N) is 1. The number of benzene rings is 2. The fraction of sp³-hybridized carbons (Fsp3) is 0.118. The SMILES string of the molecule is CNCc1ccc(-c2ccc3ccccc3n2)cc1. The third kappa shape index (κ3) is 2.49. The van der Waals surface area contributed by atoms with Gasteiger partial charge in [0.1, 0.15) is 0 Å². The van der Waals surface area contributed by atoms with E-state index in [1.807, 2.05) is 25.2 Å². The largest absolute Gasteiger partial charge is 0.316 e. The molecule has 2 nitrogen and oxygen atoms in total. The molecule has 0 bridgehead atoms. The van der Waals surface area contributed by atoms with Gasteiger partial charge < -0.3 is 5.32 Å². The second-order valence-electron chi connectivity index (χ2n) is 4.62. The molecule has 94 valence electrons. The van der Waals surface area contributed by atoms with Gasteiger partial charge >= 0.3 is 0 Å². The van der Waals surface area contributed by atoms with E-state index < -0.39 is 0 Å². The monoisotopic (exact) mass is 248 g/mol. The van der Waals surface area contributed by atoms with E-state index >= 15 is 0 Å². The van der Waals surface area contributed by atoms with Crippen molar-refractivity contribution in [2.24, 2.45) is 0 Å². The number of nitrogens with one attached hydrogen (secondary N) is 1. The number of aromatic nitrogens is 1. The first kappa shape index (κ1) is 11.9. The van der Waals surface area contributed by atoms with Gasteiger partial charge in [0.2, 0.25) is 0 Å². The van der Waals surface area contributed by atoms with E-state index in [0.717, 1.165) is 23.3 Å². The Bertz CT molecular complexity index is 687. The van der Waals surface area contributed by atoms with Crippen LogP contribution in [0.2, 0.25) is 0 Å². The molecule has 1 N–H and O–H groups in total. The maximum Gasteiger partial charge on any atom is 0.0709 e. The van der Waals surface area contributed by atoms with Crippen LogP contribution in [0.25, 0.3) is 22.2 Å². The molecule has 0 radical (unpaired) electrons. The first-order valence-corrected chi connectivity index (χ1v) is 6.46. The molecule has 0 aliphatic carbocycles. The predicted molar refractivity (Wildman–Crippen MR) is 79.9 cm³/mol. The summed E-state index contributed by atoms with van der Waals surface area (Å²) < 4.78 is 0. The molecule has 2 heteroatoms. The van der Waals surface area contributed by atoms with Crippen molar-refractivity contribution in [2.75, 3.05) is 7.05 Å². The van der Waals surface area contributed by atoms with Crippen molar-refractivity contribution >= 4 is 10.9 Å². The van der Waals surface area contributed by atoms with Crippen LogP contribution >= 0.6 is 0 Å². The van der Waals surface area contributed by atoms with E-state index in [9.17, 15) is 0 Å². The molecule has 1 heterocycles. The lowest BCUT2D eigenvalue weighted by molar-refractivity contribution is 0.818. The lowest BCUT2D eigenvalue weighted by Crippen LogP contribution is -2.04. The summed E-state index contributed by atoms with van der Waals surface area (Å²) in [6.45, 7) is 0.894. The fourth-order valence-electron chi connectivity index (χ4n) is 2.22. The average molecular weight is 248 g/mol. The molecule has 0 aliphatic heterocycles. The van der Waals surface area contributed by atoms with Gasteiger partial charge in [-0.3, -0.25) is 0 Å². The third-order valence-electron chi connectivity index (χ3n) is 3.23. The van der Waals surface area contributed by atoms with Crippen LogP contribution in [0.5, 0.6) is 0 Å². The van der Waals surface area contributed by atoms with Crippen molar-refractivity contribution in [3.8, 4) is 11.3 Å². The van der Waals surface area contributed by atoms with Gasteiger partial charge in [0.05, 0.1) is 11.2 Å². The minimum absolute atomic E-state index is 0.894. The Balaban J connectivity index is 1.99. The molecule has 19 heavy (non-hydrogen) atoms. The zero-order valence-electron chi connectivity index (χ0n) is 10.9. The number of fused-ring (bicyclic) bond motifs is 1. The van der Waals surface area contributed by atoms with E-state index in [2.05, 4.69) is 47.8 Å². The lowest BCUT2D eigenvalue weighted by Gasteiger charge is -2.05. The van der Waals surface area contributed by atoms with E-state index in [0.29, 0.717) is 0 Å². The van der Waals surface area contributed by atoms with Crippen LogP contribution in [0.1, 0.15) is 5.56 Å². The second kappa shape index (κ2) is 5.21. The number of hydrogen-bond acceptors (Lipinski definition) is 2. The molecule has 0 amide bonds. The molecule has 1 aromatic heterocycles. The van der Waals surface area contributed by atoms with Gasteiger partial charge in [0.15, 0.2) is 0 Å². The molecule has 0 saturated heterocycles. The van der Waals surface area contributed by atoms with Crippen LogP contribution in [-0.4, -0.2) is 12.0 Å². The van der Waals surface area contributed by atoms with Crippen LogP contribution in [0.4, 0.5) is 0 Å². The second-order valence-corrected chi connectivity index (χ2v) is 4.62. The highest BCUT2D eigenvalue weighted by Crippen LogP contribution is 2.21. The van der Waals surface area contributed by atoms with Gasteiger partial charge in [-0.15, -0.1) is 0 Å². The highest BCUT2D eigenvalue weighted by Gasteiger charge is 2.01. The highest BCUT2D eigenvalue weighted by atomic mass is 14.8. The highest BCUT2D eigenvalue weighted by molar-refractivity contribution is 5.81. The summed E-state index contributed by atoms with van der Waals surface area (Å²) >= 11 is 0. The predicted octanol–water partition coefficient (Wildman–Crippen LogP) is 3.62. The Morgan fingerprint density at radius 3 is 2.47 bits per heavy atom. The van der Waals surface area contributed by atoms with Crippen molar-refractivity contribution in [3.63, 3.8) is 0 Å². The van der Waals surface area contributed by atoms with Gasteiger partial charge in [-0.2, -0.15) is 0 Å². The zero-order chi connectivity index (χ0) is 13.1. The Kier molecular flexibility index (Phi) is 3.25. The van der Waals surface area contributed by atoms with Crippen LogP contribution in [-0.2, 0) is 6.54 Å². The van der Waals surface area contributed by atoms with Crippen LogP contribution in [0.15, 0.2) is 60.7 Å². The van der Waals surface area contributed by atoms with Crippen molar-refractivity contribution in [2.45, 2.75) is 6.54 Å².